The monoisotopic (exact) mass is 360 g/mol. The SMILES string of the molecule is Cc1cccc(F)c1N1Cc2cnc(Cl)cc2N([C@@H]2CCNC2)C1=O. The quantitative estimate of drug-likeness (QED) is 0.834. The number of pyridine rings is 1. The molecule has 2 aliphatic rings. The standard InChI is InChI=1S/C18H18ClFN4O/c1-11-3-2-4-14(20)17(11)23-10-12-8-22-16(19)7-15(12)24(18(23)25)13-5-6-21-9-13/h2-4,7-8,13,21H,5-6,9-10H2,1H3/t13-/m1/s1. The minimum absolute atomic E-state index is 0.0135. The first-order valence-corrected chi connectivity index (χ1v) is 8.65. The largest absolute Gasteiger partial charge is 0.329 e. The Morgan fingerprint density at radius 2 is 2.24 bits per heavy atom. The van der Waals surface area contributed by atoms with E-state index in [2.05, 4.69) is 10.3 Å². The summed E-state index contributed by atoms with van der Waals surface area (Å²) in [5.41, 5.74) is 2.68. The molecule has 2 aromatic rings. The number of aryl methyl sites for hydroxylation is 1. The van der Waals surface area contributed by atoms with Crippen molar-refractivity contribution in [3.8, 4) is 0 Å². The van der Waals surface area contributed by atoms with E-state index < -0.39 is 5.82 Å². The molecule has 7 heteroatoms. The molecule has 25 heavy (non-hydrogen) atoms. The average Bonchev–Trinajstić information content (AvgIpc) is 3.09. The molecule has 1 N–H and O–H groups in total. The van der Waals surface area contributed by atoms with Crippen LogP contribution < -0.4 is 15.1 Å². The number of urea groups is 1. The lowest BCUT2D eigenvalue weighted by atomic mass is 10.1. The van der Waals surface area contributed by atoms with Gasteiger partial charge >= 0.3 is 6.03 Å². The molecule has 0 unspecified atom stereocenters. The van der Waals surface area contributed by atoms with E-state index in [0.717, 1.165) is 29.8 Å². The van der Waals surface area contributed by atoms with Crippen LogP contribution in [0.3, 0.4) is 0 Å². The molecule has 1 aromatic heterocycles. The van der Waals surface area contributed by atoms with Crippen LogP contribution in [0.4, 0.5) is 20.6 Å². The fourth-order valence-electron chi connectivity index (χ4n) is 3.62. The molecule has 130 valence electrons. The maximum absolute atomic E-state index is 14.5. The van der Waals surface area contributed by atoms with Crippen molar-refractivity contribution in [3.63, 3.8) is 0 Å². The molecule has 1 atom stereocenters. The molecule has 2 amide bonds. The van der Waals surface area contributed by atoms with E-state index in [0.29, 0.717) is 17.4 Å². The molecule has 5 nitrogen and oxygen atoms in total. The van der Waals surface area contributed by atoms with Gasteiger partial charge in [-0.25, -0.2) is 14.2 Å². The molecule has 1 fully saturated rings. The molecule has 0 spiro atoms. The molecule has 0 saturated carbocycles. The Labute approximate surface area is 150 Å². The predicted octanol–water partition coefficient (Wildman–Crippen LogP) is 3.49. The summed E-state index contributed by atoms with van der Waals surface area (Å²) >= 11 is 6.06. The van der Waals surface area contributed by atoms with Crippen LogP contribution in [-0.2, 0) is 6.54 Å². The highest BCUT2D eigenvalue weighted by Crippen LogP contribution is 2.37. The number of hydrogen-bond acceptors (Lipinski definition) is 3. The number of rotatable bonds is 2. The topological polar surface area (TPSA) is 48.5 Å². The van der Waals surface area contributed by atoms with Gasteiger partial charge in [-0.15, -0.1) is 0 Å². The Bertz CT molecular complexity index is 818. The van der Waals surface area contributed by atoms with Crippen LogP contribution in [-0.4, -0.2) is 30.1 Å². The fraction of sp³-hybridized carbons (Fsp3) is 0.333. The van der Waals surface area contributed by atoms with Crippen LogP contribution in [0.25, 0.3) is 0 Å². The number of carbonyl (C=O) groups is 1. The summed E-state index contributed by atoms with van der Waals surface area (Å²) in [6.45, 7) is 3.64. The van der Waals surface area contributed by atoms with E-state index in [1.54, 1.807) is 23.2 Å². The zero-order valence-electron chi connectivity index (χ0n) is 13.8. The van der Waals surface area contributed by atoms with E-state index in [1.165, 1.54) is 11.0 Å². The van der Waals surface area contributed by atoms with Gasteiger partial charge in [-0.05, 0) is 37.6 Å². The Kier molecular flexibility index (Phi) is 4.09. The summed E-state index contributed by atoms with van der Waals surface area (Å²) in [4.78, 5) is 20.7. The zero-order chi connectivity index (χ0) is 17.6. The number of halogens is 2. The number of nitrogens with one attached hydrogen (secondary N) is 1. The van der Waals surface area contributed by atoms with Crippen molar-refractivity contribution >= 4 is 29.0 Å². The van der Waals surface area contributed by atoms with E-state index in [-0.39, 0.29) is 18.6 Å². The van der Waals surface area contributed by atoms with Gasteiger partial charge in [-0.2, -0.15) is 0 Å². The molecular formula is C18H18ClFN4O. The summed E-state index contributed by atoms with van der Waals surface area (Å²) in [5.74, 6) is -0.400. The number of hydrogen-bond donors (Lipinski definition) is 1. The van der Waals surface area contributed by atoms with Crippen molar-refractivity contribution < 1.29 is 9.18 Å². The maximum Gasteiger partial charge on any atom is 0.329 e. The zero-order valence-corrected chi connectivity index (χ0v) is 14.6. The van der Waals surface area contributed by atoms with E-state index in [4.69, 9.17) is 11.6 Å². The van der Waals surface area contributed by atoms with Gasteiger partial charge in [0.25, 0.3) is 0 Å². The van der Waals surface area contributed by atoms with Crippen LogP contribution >= 0.6 is 11.6 Å². The fourth-order valence-corrected chi connectivity index (χ4v) is 3.77. The normalized spacial score (nSPS) is 20.1. The van der Waals surface area contributed by atoms with Gasteiger partial charge in [-0.1, -0.05) is 23.7 Å². The van der Waals surface area contributed by atoms with Crippen LogP contribution in [0.1, 0.15) is 17.5 Å². The molecule has 1 saturated heterocycles. The van der Waals surface area contributed by atoms with Crippen molar-refractivity contribution in [2.45, 2.75) is 25.9 Å². The molecule has 2 aliphatic heterocycles. The first-order chi connectivity index (χ1) is 12.1. The van der Waals surface area contributed by atoms with Gasteiger partial charge < -0.3 is 5.32 Å². The van der Waals surface area contributed by atoms with Gasteiger partial charge in [-0.3, -0.25) is 9.80 Å². The Hall–Kier alpha value is -2.18. The smallest absolute Gasteiger partial charge is 0.315 e. The molecule has 3 heterocycles. The molecule has 0 radical (unpaired) electrons. The second kappa shape index (κ2) is 6.28. The van der Waals surface area contributed by atoms with Gasteiger partial charge in [0, 0.05) is 18.3 Å². The Morgan fingerprint density at radius 3 is 2.96 bits per heavy atom. The second-order valence-corrected chi connectivity index (χ2v) is 6.81. The summed E-state index contributed by atoms with van der Waals surface area (Å²) in [6.07, 6.45) is 2.51. The lowest BCUT2D eigenvalue weighted by Gasteiger charge is -2.40. The third-order valence-corrected chi connectivity index (χ3v) is 5.02. The lowest BCUT2D eigenvalue weighted by Crippen LogP contribution is -2.53. The van der Waals surface area contributed by atoms with Crippen molar-refractivity contribution in [2.24, 2.45) is 0 Å². The van der Waals surface area contributed by atoms with Crippen molar-refractivity contribution in [1.82, 2.24) is 10.3 Å². The molecule has 0 bridgehead atoms. The third-order valence-electron chi connectivity index (χ3n) is 4.81. The molecule has 0 aliphatic carbocycles. The summed E-state index contributed by atoms with van der Waals surface area (Å²) in [5, 5.41) is 3.62. The van der Waals surface area contributed by atoms with Gasteiger partial charge in [0.15, 0.2) is 0 Å². The number of nitrogens with zero attached hydrogens (tertiary/aromatic N) is 3. The summed E-state index contributed by atoms with van der Waals surface area (Å²) < 4.78 is 14.5. The van der Waals surface area contributed by atoms with Crippen molar-refractivity contribution in [2.75, 3.05) is 22.9 Å². The minimum Gasteiger partial charge on any atom is -0.315 e. The van der Waals surface area contributed by atoms with E-state index >= 15 is 0 Å². The van der Waals surface area contributed by atoms with Gasteiger partial charge in [0.2, 0.25) is 0 Å². The highest BCUT2D eigenvalue weighted by molar-refractivity contribution is 6.29. The first-order valence-electron chi connectivity index (χ1n) is 8.27. The van der Waals surface area contributed by atoms with Crippen molar-refractivity contribution in [3.05, 3.63) is 52.6 Å². The van der Waals surface area contributed by atoms with Crippen LogP contribution in [0, 0.1) is 12.7 Å². The summed E-state index contributed by atoms with van der Waals surface area (Å²) in [7, 11) is 0. The highest BCUT2D eigenvalue weighted by Gasteiger charge is 2.38. The maximum atomic E-state index is 14.5. The Morgan fingerprint density at radius 1 is 1.40 bits per heavy atom. The third kappa shape index (κ3) is 2.75. The van der Waals surface area contributed by atoms with E-state index in [9.17, 15) is 9.18 Å². The number of carbonyl (C=O) groups excluding carboxylic acids is 1. The number of benzene rings is 1. The second-order valence-electron chi connectivity index (χ2n) is 6.43. The number of anilines is 2. The minimum atomic E-state index is -0.400. The number of amides is 2. The summed E-state index contributed by atoms with van der Waals surface area (Å²) in [6, 6.07) is 6.35. The Balaban J connectivity index is 1.84. The van der Waals surface area contributed by atoms with Gasteiger partial charge in [0.05, 0.1) is 24.0 Å². The van der Waals surface area contributed by atoms with Crippen LogP contribution in [0.5, 0.6) is 0 Å². The average molecular weight is 361 g/mol. The van der Waals surface area contributed by atoms with Crippen molar-refractivity contribution in [1.29, 1.82) is 0 Å². The number of para-hydroxylation sites is 1. The number of fused-ring (bicyclic) bond motifs is 1. The molecule has 4 rings (SSSR count). The lowest BCUT2D eigenvalue weighted by molar-refractivity contribution is 0.248. The molecular weight excluding hydrogens is 343 g/mol. The number of aromatic nitrogens is 1. The van der Waals surface area contributed by atoms with Crippen LogP contribution in [0.15, 0.2) is 30.5 Å². The van der Waals surface area contributed by atoms with Gasteiger partial charge in [0.1, 0.15) is 11.0 Å². The molecule has 1 aromatic carbocycles. The predicted molar refractivity (Wildman–Crippen MR) is 95.7 cm³/mol. The first kappa shape index (κ1) is 16.3. The highest BCUT2D eigenvalue weighted by atomic mass is 35.5. The van der Waals surface area contributed by atoms with E-state index in [1.807, 2.05) is 13.0 Å². The van der Waals surface area contributed by atoms with Crippen LogP contribution in [0.2, 0.25) is 5.15 Å².